The quantitative estimate of drug-likeness (QED) is 0.537. The van der Waals surface area contributed by atoms with Crippen molar-refractivity contribution in [3.05, 3.63) is 84.1 Å². The van der Waals surface area contributed by atoms with E-state index in [1.807, 2.05) is 41.4 Å². The number of ether oxygens (including phenoxy) is 3. The van der Waals surface area contributed by atoms with Gasteiger partial charge in [-0.25, -0.2) is 4.90 Å². The molecule has 9 heteroatoms. The second-order valence-corrected chi connectivity index (χ2v) is 9.60. The molecule has 4 heterocycles. The number of rotatable bonds is 4. The van der Waals surface area contributed by atoms with Crippen molar-refractivity contribution in [3.63, 3.8) is 0 Å². The number of carbonyl (C=O) groups excluding carboxylic acids is 3. The molecule has 3 amide bonds. The van der Waals surface area contributed by atoms with Gasteiger partial charge in [-0.15, -0.1) is 0 Å². The first-order valence-electron chi connectivity index (χ1n) is 12.3. The number of hydrogen-bond donors (Lipinski definition) is 1. The molecular formula is C29H23N3O6. The molecule has 3 aromatic rings. The zero-order chi connectivity index (χ0) is 26.0. The van der Waals surface area contributed by atoms with Crippen molar-refractivity contribution in [2.75, 3.05) is 24.1 Å². The Labute approximate surface area is 218 Å². The van der Waals surface area contributed by atoms with Crippen LogP contribution in [0.4, 0.5) is 11.4 Å². The number of carbonyl (C=O) groups is 3. The van der Waals surface area contributed by atoms with E-state index in [2.05, 4.69) is 5.32 Å². The maximum atomic E-state index is 14.0. The van der Waals surface area contributed by atoms with Gasteiger partial charge in [-0.1, -0.05) is 24.3 Å². The number of benzene rings is 3. The van der Waals surface area contributed by atoms with Gasteiger partial charge in [0.15, 0.2) is 11.5 Å². The molecule has 3 aromatic carbocycles. The summed E-state index contributed by atoms with van der Waals surface area (Å²) in [5, 5.41) is 2.94. The van der Waals surface area contributed by atoms with Crippen LogP contribution in [0.15, 0.2) is 72.9 Å². The summed E-state index contributed by atoms with van der Waals surface area (Å²) in [6.07, 6.45) is 3.75. The molecule has 4 aliphatic heterocycles. The van der Waals surface area contributed by atoms with Gasteiger partial charge in [-0.05, 0) is 53.6 Å². The summed E-state index contributed by atoms with van der Waals surface area (Å²) in [5.41, 5.74) is 2.85. The van der Waals surface area contributed by atoms with Crippen LogP contribution in [-0.4, -0.2) is 42.6 Å². The molecule has 0 bridgehead atoms. The van der Waals surface area contributed by atoms with Crippen molar-refractivity contribution in [2.24, 2.45) is 11.8 Å². The summed E-state index contributed by atoms with van der Waals surface area (Å²) < 4.78 is 16.1. The Morgan fingerprint density at radius 1 is 0.947 bits per heavy atom. The van der Waals surface area contributed by atoms with E-state index < -0.39 is 29.8 Å². The summed E-state index contributed by atoms with van der Waals surface area (Å²) in [7, 11) is 1.57. The van der Waals surface area contributed by atoms with Gasteiger partial charge < -0.3 is 24.4 Å². The van der Waals surface area contributed by atoms with Gasteiger partial charge in [0, 0.05) is 18.0 Å². The zero-order valence-electron chi connectivity index (χ0n) is 20.4. The third kappa shape index (κ3) is 3.21. The Bertz CT molecular complexity index is 1520. The molecule has 0 aliphatic carbocycles. The van der Waals surface area contributed by atoms with Gasteiger partial charge >= 0.3 is 0 Å². The van der Waals surface area contributed by atoms with Gasteiger partial charge in [0.05, 0.1) is 30.7 Å². The van der Waals surface area contributed by atoms with E-state index in [9.17, 15) is 14.4 Å². The molecule has 4 atom stereocenters. The monoisotopic (exact) mass is 509 g/mol. The summed E-state index contributed by atoms with van der Waals surface area (Å²) in [6, 6.07) is 18.4. The largest absolute Gasteiger partial charge is 0.497 e. The number of nitrogens with one attached hydrogen (secondary N) is 1. The normalized spacial score (nSPS) is 24.2. The van der Waals surface area contributed by atoms with E-state index >= 15 is 0 Å². The second-order valence-electron chi connectivity index (χ2n) is 9.60. The summed E-state index contributed by atoms with van der Waals surface area (Å²) >= 11 is 0. The van der Waals surface area contributed by atoms with Crippen molar-refractivity contribution in [1.82, 2.24) is 4.90 Å². The van der Waals surface area contributed by atoms with Crippen molar-refractivity contribution in [1.29, 1.82) is 0 Å². The van der Waals surface area contributed by atoms with Gasteiger partial charge in [0.2, 0.25) is 24.5 Å². The van der Waals surface area contributed by atoms with E-state index in [4.69, 9.17) is 14.2 Å². The highest BCUT2D eigenvalue weighted by Gasteiger charge is 2.64. The Kier molecular flexibility index (Phi) is 4.94. The topological polar surface area (TPSA) is 97.4 Å². The molecule has 1 N–H and O–H groups in total. The summed E-state index contributed by atoms with van der Waals surface area (Å²) in [6.45, 7) is 0.0830. The van der Waals surface area contributed by atoms with Crippen LogP contribution in [0.5, 0.6) is 17.2 Å². The van der Waals surface area contributed by atoms with Crippen LogP contribution in [0.2, 0.25) is 0 Å². The van der Waals surface area contributed by atoms with E-state index in [1.165, 1.54) is 4.90 Å². The smallest absolute Gasteiger partial charge is 0.247 e. The lowest BCUT2D eigenvalue weighted by atomic mass is 9.84. The first-order valence-corrected chi connectivity index (χ1v) is 12.3. The molecule has 7 rings (SSSR count). The highest BCUT2D eigenvalue weighted by atomic mass is 16.7. The average molecular weight is 510 g/mol. The van der Waals surface area contributed by atoms with Gasteiger partial charge in [0.1, 0.15) is 11.8 Å². The number of anilines is 2. The zero-order valence-corrected chi connectivity index (χ0v) is 20.4. The number of fused-ring (bicyclic) bond motifs is 6. The van der Waals surface area contributed by atoms with Crippen LogP contribution in [-0.2, 0) is 14.4 Å². The fourth-order valence-corrected chi connectivity index (χ4v) is 6.03. The minimum absolute atomic E-state index is 0.0830. The molecule has 4 aliphatic rings. The summed E-state index contributed by atoms with van der Waals surface area (Å²) in [5.74, 6) is -1.00. The Morgan fingerprint density at radius 3 is 2.53 bits per heavy atom. The highest BCUT2D eigenvalue weighted by Crippen LogP contribution is 2.53. The van der Waals surface area contributed by atoms with Crippen molar-refractivity contribution in [2.45, 2.75) is 12.1 Å². The fraction of sp³-hybridized carbons (Fsp3) is 0.207. The van der Waals surface area contributed by atoms with E-state index in [0.717, 1.165) is 11.1 Å². The predicted molar refractivity (Wildman–Crippen MR) is 138 cm³/mol. The standard InChI is InChI=1S/C29H23N3O6/c1-36-19-9-6-17(7-10-19)30-27(33)26-24-23(25-20-5-3-2-4-16(20)12-13-31(25)26)28(34)32(29(24)35)18-8-11-21-22(14-18)38-15-37-21/h2-14,23-26H,15H2,1H3,(H,30,33)/t23-,24-,25+,26+/m1/s1. The molecule has 0 aromatic heterocycles. The Morgan fingerprint density at radius 2 is 1.71 bits per heavy atom. The lowest BCUT2D eigenvalue weighted by molar-refractivity contribution is -0.128. The van der Waals surface area contributed by atoms with Gasteiger partial charge in [-0.2, -0.15) is 0 Å². The Balaban J connectivity index is 1.29. The second kappa shape index (κ2) is 8.37. The molecule has 0 saturated carbocycles. The van der Waals surface area contributed by atoms with E-state index in [-0.39, 0.29) is 18.6 Å². The maximum absolute atomic E-state index is 14.0. The van der Waals surface area contributed by atoms with Gasteiger partial charge in [0.25, 0.3) is 0 Å². The third-order valence-corrected chi connectivity index (χ3v) is 7.70. The van der Waals surface area contributed by atoms with Crippen molar-refractivity contribution >= 4 is 35.2 Å². The molecule has 0 unspecified atom stereocenters. The van der Waals surface area contributed by atoms with Crippen LogP contribution in [0.25, 0.3) is 6.08 Å². The molecule has 0 spiro atoms. The number of hydrogen-bond acceptors (Lipinski definition) is 7. The summed E-state index contributed by atoms with van der Waals surface area (Å²) in [4.78, 5) is 44.8. The molecule has 190 valence electrons. The number of methoxy groups -OCH3 is 1. The molecule has 2 fully saturated rings. The van der Waals surface area contributed by atoms with Crippen LogP contribution in [0.1, 0.15) is 17.2 Å². The predicted octanol–water partition coefficient (Wildman–Crippen LogP) is 3.58. The lowest BCUT2D eigenvalue weighted by Crippen LogP contribution is -2.46. The number of amides is 3. The van der Waals surface area contributed by atoms with E-state index in [0.29, 0.717) is 28.6 Å². The highest BCUT2D eigenvalue weighted by molar-refractivity contribution is 6.24. The fourth-order valence-electron chi connectivity index (χ4n) is 6.03. The van der Waals surface area contributed by atoms with Gasteiger partial charge in [-0.3, -0.25) is 14.4 Å². The SMILES string of the molecule is COc1ccc(NC(=O)[C@@H]2[C@@H]3C(=O)N(c4ccc5c(c4)OCO5)C(=O)[C@H]3[C@@H]3c4ccccc4C=CN23)cc1. The molecule has 38 heavy (non-hydrogen) atoms. The maximum Gasteiger partial charge on any atom is 0.247 e. The first kappa shape index (κ1) is 22.4. The van der Waals surface area contributed by atoms with Crippen LogP contribution >= 0.6 is 0 Å². The Hall–Kier alpha value is -4.79. The van der Waals surface area contributed by atoms with Crippen LogP contribution in [0, 0.1) is 11.8 Å². The minimum Gasteiger partial charge on any atom is -0.497 e. The first-order chi connectivity index (χ1) is 18.5. The van der Waals surface area contributed by atoms with Crippen LogP contribution < -0.4 is 24.4 Å². The number of nitrogens with zero attached hydrogens (tertiary/aromatic N) is 2. The third-order valence-electron chi connectivity index (χ3n) is 7.70. The lowest BCUT2D eigenvalue weighted by Gasteiger charge is -2.35. The van der Waals surface area contributed by atoms with Crippen LogP contribution in [0.3, 0.4) is 0 Å². The molecule has 2 saturated heterocycles. The molecule has 9 nitrogen and oxygen atoms in total. The molecule has 0 radical (unpaired) electrons. The number of imide groups is 1. The van der Waals surface area contributed by atoms with Crippen molar-refractivity contribution < 1.29 is 28.6 Å². The average Bonchev–Trinajstić information content (AvgIpc) is 3.62. The van der Waals surface area contributed by atoms with E-state index in [1.54, 1.807) is 49.6 Å². The minimum atomic E-state index is -0.882. The van der Waals surface area contributed by atoms with Crippen molar-refractivity contribution in [3.8, 4) is 17.2 Å². The molecular weight excluding hydrogens is 486 g/mol.